The molecule has 1 unspecified atom stereocenters. The molecule has 0 aromatic rings. The first-order chi connectivity index (χ1) is 2.91. The van der Waals surface area contributed by atoms with Crippen molar-refractivity contribution in [3.63, 3.8) is 0 Å². The van der Waals surface area contributed by atoms with Crippen molar-refractivity contribution < 1.29 is 0 Å². The van der Waals surface area contributed by atoms with Crippen LogP contribution >= 0.6 is 23.8 Å². The lowest BCUT2D eigenvalue weighted by Crippen LogP contribution is -1.10. The first-order valence-electron chi connectivity index (χ1n) is 1.31. The van der Waals surface area contributed by atoms with E-state index < -0.39 is 0 Å². The predicted molar refractivity (Wildman–Crippen MR) is 37.9 cm³/mol. The lowest BCUT2D eigenvalue weighted by atomic mass is 12.0. The summed E-state index contributed by atoms with van der Waals surface area (Å²) in [6, 6.07) is 0. The van der Waals surface area contributed by atoms with Crippen LogP contribution in [-0.4, -0.2) is 6.66 Å². The van der Waals surface area contributed by atoms with Gasteiger partial charge in [-0.25, -0.2) is 0 Å². The van der Waals surface area contributed by atoms with Crippen LogP contribution in [0, 0.1) is 0 Å². The number of rotatable bonds is 2. The fourth-order valence-electron chi connectivity index (χ4n) is 0.0630. The summed E-state index contributed by atoms with van der Waals surface area (Å²) in [5.74, 6) is 0. The summed E-state index contributed by atoms with van der Waals surface area (Å²) in [7, 11) is 2.79. The lowest BCUT2D eigenvalue weighted by molar-refractivity contribution is 2.11. The van der Waals surface area contributed by atoms with Crippen molar-refractivity contribution in [1.29, 1.82) is 0 Å². The van der Waals surface area contributed by atoms with E-state index in [2.05, 4.69) is 23.0 Å². The molecule has 0 radical (unpaired) electrons. The molecule has 0 amide bonds. The van der Waals surface area contributed by atoms with Crippen LogP contribution in [0.1, 0.15) is 0 Å². The van der Waals surface area contributed by atoms with Crippen molar-refractivity contribution in [2.24, 2.45) is 4.52 Å². The third-order valence-corrected chi connectivity index (χ3v) is 3.09. The summed E-state index contributed by atoms with van der Waals surface area (Å²) in [5.41, 5.74) is 0. The summed E-state index contributed by atoms with van der Waals surface area (Å²) >= 11 is 4.52. The van der Waals surface area contributed by atoms with Gasteiger partial charge < -0.3 is 0 Å². The van der Waals surface area contributed by atoms with Crippen molar-refractivity contribution in [2.45, 2.75) is 0 Å². The van der Waals surface area contributed by atoms with Gasteiger partial charge in [-0.2, -0.15) is 4.52 Å². The molecule has 5 heteroatoms. The van der Waals surface area contributed by atoms with Crippen molar-refractivity contribution in [1.82, 2.24) is 0 Å². The second-order valence-corrected chi connectivity index (χ2v) is 4.45. The van der Waals surface area contributed by atoms with Gasteiger partial charge in [0.2, 0.25) is 0 Å². The van der Waals surface area contributed by atoms with E-state index in [9.17, 15) is 0 Å². The van der Waals surface area contributed by atoms with Gasteiger partial charge in [-0.05, 0) is 26.7 Å². The Bertz CT molecular complexity index is 61.8. The zero-order chi connectivity index (χ0) is 4.83. The molecule has 0 aromatic heterocycles. The summed E-state index contributed by atoms with van der Waals surface area (Å²) < 4.78 is 3.86. The van der Waals surface area contributed by atoms with Gasteiger partial charge in [-0.1, -0.05) is 0 Å². The zero-order valence-corrected chi connectivity index (χ0v) is 6.86. The minimum absolute atomic E-state index is 0.748. The Morgan fingerprint density at radius 2 is 2.50 bits per heavy atom. The van der Waals surface area contributed by atoms with E-state index in [-0.39, 0.29) is 0 Å². The molecule has 0 saturated carbocycles. The third-order valence-electron chi connectivity index (χ3n) is 0.181. The van der Waals surface area contributed by atoms with Crippen LogP contribution < -0.4 is 0 Å². The first-order valence-corrected chi connectivity index (χ1v) is 6.36. The predicted octanol–water partition coefficient (Wildman–Crippen LogP) is 2.66. The van der Waals surface area contributed by atoms with Crippen LogP contribution in [0.4, 0.5) is 0 Å². The van der Waals surface area contributed by atoms with Gasteiger partial charge in [0.25, 0.3) is 0 Å². The van der Waals surface area contributed by atoms with Crippen LogP contribution in [0.2, 0.25) is 0 Å². The molecule has 0 aromatic carbocycles. The Hall–Kier alpha value is 1.05. The molecule has 0 bridgehead atoms. The largest absolute Gasteiger partial charge is 0.195 e. The maximum Gasteiger partial charge on any atom is 0.120 e. The summed E-state index contributed by atoms with van der Waals surface area (Å²) in [4.78, 5) is 0. The Kier molecular flexibility index (Phi) is 7.11. The summed E-state index contributed by atoms with van der Waals surface area (Å²) in [6.45, 7) is 2.10. The highest BCUT2D eigenvalue weighted by atomic mass is 32.4. The second-order valence-electron chi connectivity index (χ2n) is 0.495. The van der Waals surface area contributed by atoms with Gasteiger partial charge in [0, 0.05) is 8.06 Å². The van der Waals surface area contributed by atoms with E-state index in [1.807, 2.05) is 0 Å². The molecule has 1 atom stereocenters. The Morgan fingerprint density at radius 3 is 2.67 bits per heavy atom. The fraction of sp³-hybridized carbons (Fsp3) is 1.00. The van der Waals surface area contributed by atoms with Crippen LogP contribution in [0.15, 0.2) is 4.52 Å². The molecular weight excluding hydrogens is 151 g/mol. The van der Waals surface area contributed by atoms with Gasteiger partial charge in [0.15, 0.2) is 0 Å². The van der Waals surface area contributed by atoms with Crippen LogP contribution in [0.3, 0.4) is 0 Å². The van der Waals surface area contributed by atoms with E-state index in [1.54, 1.807) is 0 Å². The monoisotopic (exact) mass is 155 g/mol. The van der Waals surface area contributed by atoms with Crippen LogP contribution in [-0.2, 0) is 11.8 Å². The van der Waals surface area contributed by atoms with Crippen molar-refractivity contribution in [2.75, 3.05) is 6.66 Å². The molecule has 0 aliphatic carbocycles. The highest BCUT2D eigenvalue weighted by Crippen LogP contribution is 2.27. The van der Waals surface area contributed by atoms with E-state index in [4.69, 9.17) is 0 Å². The summed E-state index contributed by atoms with van der Waals surface area (Å²) in [5, 5.41) is 0. The Balaban J connectivity index is 2.94. The van der Waals surface area contributed by atoms with Gasteiger partial charge in [0.05, 0.1) is 0 Å². The number of hydrogen-bond acceptors (Lipinski definition) is 1. The smallest absolute Gasteiger partial charge is 0.120 e. The lowest BCUT2D eigenvalue weighted by Gasteiger charge is -1.64. The average molecular weight is 155 g/mol. The molecule has 0 saturated heterocycles. The van der Waals surface area contributed by atoms with Crippen LogP contribution in [0.25, 0.3) is 0 Å². The van der Waals surface area contributed by atoms with E-state index in [0.717, 1.165) is 23.8 Å². The van der Waals surface area contributed by atoms with Gasteiger partial charge in [0.1, 0.15) is 7.51 Å². The topological polar surface area (TPSA) is 12.4 Å². The quantitative estimate of drug-likeness (QED) is 0.558. The maximum atomic E-state index is 4.52. The van der Waals surface area contributed by atoms with Crippen molar-refractivity contribution in [3.8, 4) is 0 Å². The molecule has 34 valence electrons. The normalized spacial score (nSPS) is 12.8. The molecular formula is CH4NP3S. The van der Waals surface area contributed by atoms with Gasteiger partial charge >= 0.3 is 0 Å². The maximum absolute atomic E-state index is 4.52. The minimum atomic E-state index is 0.748. The van der Waals surface area contributed by atoms with Gasteiger partial charge in [-0.3, -0.25) is 0 Å². The van der Waals surface area contributed by atoms with Crippen molar-refractivity contribution in [3.05, 3.63) is 0 Å². The first kappa shape index (κ1) is 7.05. The Morgan fingerprint density at radius 1 is 1.83 bits per heavy atom. The standard InChI is InChI=1S/CH4NP3S/c1-3-4-2-5-6/h3H,1H3. The molecule has 0 heterocycles. The SMILES string of the molecule is CP/P=N/P=S. The zero-order valence-electron chi connectivity index (χ0n) is 3.25. The minimum Gasteiger partial charge on any atom is -0.195 e. The molecule has 0 spiro atoms. The number of hydrogen-bond donors (Lipinski definition) is 0. The van der Waals surface area contributed by atoms with E-state index >= 15 is 0 Å². The fourth-order valence-corrected chi connectivity index (χ4v) is 2.69. The average Bonchev–Trinajstić information content (AvgIpc) is 1.61. The van der Waals surface area contributed by atoms with Crippen LogP contribution in [0.5, 0.6) is 0 Å². The summed E-state index contributed by atoms with van der Waals surface area (Å²) in [6.07, 6.45) is 0. The van der Waals surface area contributed by atoms with Gasteiger partial charge in [-0.15, -0.1) is 0 Å². The molecule has 0 N–H and O–H groups in total. The Labute approximate surface area is 47.4 Å². The van der Waals surface area contributed by atoms with E-state index in [0.29, 0.717) is 0 Å². The third kappa shape index (κ3) is 5.05. The molecule has 0 aliphatic heterocycles. The highest BCUT2D eigenvalue weighted by Gasteiger charge is 1.58. The van der Waals surface area contributed by atoms with Crippen molar-refractivity contribution >= 4 is 35.6 Å². The number of nitrogens with zero attached hydrogens (tertiary/aromatic N) is 1. The molecule has 0 rings (SSSR count). The van der Waals surface area contributed by atoms with E-state index in [1.165, 1.54) is 0 Å². The molecule has 0 aliphatic rings. The molecule has 6 heavy (non-hydrogen) atoms. The molecule has 1 nitrogen and oxygen atoms in total. The highest BCUT2D eigenvalue weighted by molar-refractivity contribution is 8.09. The second kappa shape index (κ2) is 6.05. The molecule has 0 fully saturated rings.